The highest BCUT2D eigenvalue weighted by molar-refractivity contribution is 7.89. The van der Waals surface area contributed by atoms with E-state index in [9.17, 15) is 22.4 Å². The minimum atomic E-state index is -3.75. The first-order chi connectivity index (χ1) is 12.7. The van der Waals surface area contributed by atoms with Crippen molar-refractivity contribution in [2.24, 2.45) is 5.92 Å². The van der Waals surface area contributed by atoms with Gasteiger partial charge in [-0.05, 0) is 30.2 Å². The number of hydrogen-bond donors (Lipinski definition) is 1. The number of esters is 1. The predicted molar refractivity (Wildman–Crippen MR) is 95.9 cm³/mol. The van der Waals surface area contributed by atoms with E-state index in [1.165, 1.54) is 28.4 Å². The largest absolute Gasteiger partial charge is 0.467 e. The number of nitrogens with zero attached hydrogens (tertiary/aromatic N) is 2. The van der Waals surface area contributed by atoms with Crippen molar-refractivity contribution in [3.05, 3.63) is 30.1 Å². The first-order valence-electron chi connectivity index (χ1n) is 8.55. The van der Waals surface area contributed by atoms with Gasteiger partial charge in [0.1, 0.15) is 11.9 Å². The topological polar surface area (TPSA) is 96.0 Å². The highest BCUT2D eigenvalue weighted by atomic mass is 32.2. The molecule has 1 aliphatic heterocycles. The Bertz CT molecular complexity index is 774. The van der Waals surface area contributed by atoms with E-state index < -0.39 is 33.9 Å². The first-order valence-corrected chi connectivity index (χ1v) is 9.99. The maximum absolute atomic E-state index is 13.0. The molecule has 1 N–H and O–H groups in total. The fourth-order valence-electron chi connectivity index (χ4n) is 2.74. The molecule has 0 saturated carbocycles. The second-order valence-corrected chi connectivity index (χ2v) is 8.48. The van der Waals surface area contributed by atoms with Crippen molar-refractivity contribution in [2.75, 3.05) is 33.3 Å². The Morgan fingerprint density at radius 2 is 1.67 bits per heavy atom. The summed E-state index contributed by atoms with van der Waals surface area (Å²) in [6.07, 6.45) is 0. The maximum atomic E-state index is 13.0. The summed E-state index contributed by atoms with van der Waals surface area (Å²) < 4.78 is 44.1. The summed E-state index contributed by atoms with van der Waals surface area (Å²) in [5.41, 5.74) is 0. The Kier molecular flexibility index (Phi) is 6.77. The zero-order valence-corrected chi connectivity index (χ0v) is 16.3. The summed E-state index contributed by atoms with van der Waals surface area (Å²) in [6, 6.07) is 3.40. The van der Waals surface area contributed by atoms with Crippen LogP contribution in [-0.2, 0) is 19.6 Å². The van der Waals surface area contributed by atoms with Gasteiger partial charge in [-0.25, -0.2) is 22.4 Å². The third-order valence-corrected chi connectivity index (χ3v) is 6.29. The molecule has 1 saturated heterocycles. The summed E-state index contributed by atoms with van der Waals surface area (Å²) in [5.74, 6) is -1.20. The molecule has 0 spiro atoms. The van der Waals surface area contributed by atoms with Crippen LogP contribution in [0.4, 0.5) is 9.18 Å². The molecule has 0 aromatic heterocycles. The van der Waals surface area contributed by atoms with Gasteiger partial charge in [-0.2, -0.15) is 4.31 Å². The lowest BCUT2D eigenvalue weighted by molar-refractivity contribution is -0.144. The van der Waals surface area contributed by atoms with E-state index in [0.717, 1.165) is 12.1 Å². The van der Waals surface area contributed by atoms with Gasteiger partial charge in [0.2, 0.25) is 10.0 Å². The number of methoxy groups -OCH3 is 1. The molecule has 27 heavy (non-hydrogen) atoms. The van der Waals surface area contributed by atoms with Crippen LogP contribution in [0.25, 0.3) is 0 Å². The highest BCUT2D eigenvalue weighted by Gasteiger charge is 2.32. The summed E-state index contributed by atoms with van der Waals surface area (Å²) in [6.45, 7) is 4.15. The second kappa shape index (κ2) is 8.66. The van der Waals surface area contributed by atoms with Crippen molar-refractivity contribution in [1.82, 2.24) is 14.5 Å². The number of hydrogen-bond acceptors (Lipinski definition) is 5. The zero-order valence-electron chi connectivity index (χ0n) is 15.5. The number of amides is 2. The molecule has 0 bridgehead atoms. The quantitative estimate of drug-likeness (QED) is 0.744. The number of benzene rings is 1. The Labute approximate surface area is 158 Å². The molecule has 1 aromatic rings. The number of halogens is 1. The number of piperazine rings is 1. The van der Waals surface area contributed by atoms with Gasteiger partial charge < -0.3 is 15.0 Å². The fraction of sp³-hybridized carbons (Fsp3) is 0.529. The zero-order chi connectivity index (χ0) is 20.2. The second-order valence-electron chi connectivity index (χ2n) is 6.54. The number of carbonyl (C=O) groups excluding carboxylic acids is 2. The number of sulfonamides is 1. The van der Waals surface area contributed by atoms with E-state index in [4.69, 9.17) is 4.74 Å². The van der Waals surface area contributed by atoms with Crippen LogP contribution in [-0.4, -0.2) is 69.0 Å². The molecular weight excluding hydrogens is 377 g/mol. The van der Waals surface area contributed by atoms with Crippen LogP contribution >= 0.6 is 0 Å². The smallest absolute Gasteiger partial charge is 0.328 e. The molecule has 8 nitrogen and oxygen atoms in total. The predicted octanol–water partition coefficient (Wildman–Crippen LogP) is 1.04. The average molecular weight is 401 g/mol. The lowest BCUT2D eigenvalue weighted by Crippen LogP contribution is -2.56. The minimum Gasteiger partial charge on any atom is -0.467 e. The van der Waals surface area contributed by atoms with Crippen LogP contribution in [0, 0.1) is 11.7 Å². The van der Waals surface area contributed by atoms with Crippen LogP contribution in [0.5, 0.6) is 0 Å². The van der Waals surface area contributed by atoms with Crippen LogP contribution in [0.1, 0.15) is 13.8 Å². The molecule has 2 amide bonds. The standard InChI is InChI=1S/C17H24FN3O5S/c1-12(2)15(16(22)26-3)19-17(23)20-8-10-21(11-9-20)27(24,25)14-6-4-13(18)5-7-14/h4-7,12,15H,8-11H2,1-3H3,(H,19,23)/t15-/m1/s1. The van der Waals surface area contributed by atoms with Crippen LogP contribution in [0.3, 0.4) is 0 Å². The fourth-order valence-corrected chi connectivity index (χ4v) is 4.16. The Morgan fingerprint density at radius 3 is 2.15 bits per heavy atom. The molecule has 1 aromatic carbocycles. The molecule has 0 aliphatic carbocycles. The highest BCUT2D eigenvalue weighted by Crippen LogP contribution is 2.18. The Morgan fingerprint density at radius 1 is 1.11 bits per heavy atom. The van der Waals surface area contributed by atoms with Crippen molar-refractivity contribution in [1.29, 1.82) is 0 Å². The number of rotatable bonds is 5. The van der Waals surface area contributed by atoms with Gasteiger partial charge in [0, 0.05) is 26.2 Å². The molecule has 150 valence electrons. The SMILES string of the molecule is COC(=O)[C@H](NC(=O)N1CCN(S(=O)(=O)c2ccc(F)cc2)CC1)C(C)C. The van der Waals surface area contributed by atoms with Crippen LogP contribution in [0.2, 0.25) is 0 Å². The minimum absolute atomic E-state index is 0.00682. The van der Waals surface area contributed by atoms with Crippen molar-refractivity contribution in [3.63, 3.8) is 0 Å². The number of urea groups is 1. The first kappa shape index (κ1) is 21.1. The molecule has 0 radical (unpaired) electrons. The molecule has 0 unspecified atom stereocenters. The van der Waals surface area contributed by atoms with Crippen molar-refractivity contribution < 1.29 is 27.1 Å². The lowest BCUT2D eigenvalue weighted by Gasteiger charge is -2.35. The van der Waals surface area contributed by atoms with Gasteiger partial charge in [0.15, 0.2) is 0 Å². The van der Waals surface area contributed by atoms with E-state index in [0.29, 0.717) is 0 Å². The summed E-state index contributed by atoms with van der Waals surface area (Å²) in [4.78, 5) is 25.6. The molecule has 10 heteroatoms. The lowest BCUT2D eigenvalue weighted by atomic mass is 10.1. The van der Waals surface area contributed by atoms with Gasteiger partial charge >= 0.3 is 12.0 Å². The number of carbonyl (C=O) groups is 2. The van der Waals surface area contributed by atoms with Gasteiger partial charge in [0.25, 0.3) is 0 Å². The molecule has 1 aliphatic rings. The molecule has 1 heterocycles. The summed E-state index contributed by atoms with van der Waals surface area (Å²) in [5, 5.41) is 2.63. The van der Waals surface area contributed by atoms with E-state index in [2.05, 4.69) is 5.32 Å². The summed E-state index contributed by atoms with van der Waals surface area (Å²) >= 11 is 0. The monoisotopic (exact) mass is 401 g/mol. The van der Waals surface area contributed by atoms with Crippen molar-refractivity contribution in [2.45, 2.75) is 24.8 Å². The summed E-state index contributed by atoms with van der Waals surface area (Å²) in [7, 11) is -2.49. The maximum Gasteiger partial charge on any atom is 0.328 e. The normalized spacial score (nSPS) is 16.9. The molecule has 2 rings (SSSR count). The van der Waals surface area contributed by atoms with Crippen LogP contribution < -0.4 is 5.32 Å². The Hall–Kier alpha value is -2.20. The number of ether oxygens (including phenoxy) is 1. The molecule has 1 atom stereocenters. The van der Waals surface area contributed by atoms with Gasteiger partial charge in [-0.3, -0.25) is 0 Å². The average Bonchev–Trinajstić information content (AvgIpc) is 2.65. The molecule has 1 fully saturated rings. The third-order valence-electron chi connectivity index (χ3n) is 4.38. The molecular formula is C17H24FN3O5S. The van der Waals surface area contributed by atoms with Gasteiger partial charge in [0.05, 0.1) is 12.0 Å². The van der Waals surface area contributed by atoms with E-state index >= 15 is 0 Å². The van der Waals surface area contributed by atoms with Crippen LogP contribution in [0.15, 0.2) is 29.2 Å². The third kappa shape index (κ3) is 4.95. The van der Waals surface area contributed by atoms with E-state index in [-0.39, 0.29) is 37.0 Å². The van der Waals surface area contributed by atoms with Gasteiger partial charge in [-0.1, -0.05) is 13.8 Å². The van der Waals surface area contributed by atoms with Crippen molar-refractivity contribution in [3.8, 4) is 0 Å². The van der Waals surface area contributed by atoms with Gasteiger partial charge in [-0.15, -0.1) is 0 Å². The van der Waals surface area contributed by atoms with Crippen molar-refractivity contribution >= 4 is 22.0 Å². The van der Waals surface area contributed by atoms with E-state index in [1.807, 2.05) is 0 Å². The Balaban J connectivity index is 1.99. The number of nitrogens with one attached hydrogen (secondary N) is 1. The van der Waals surface area contributed by atoms with E-state index in [1.54, 1.807) is 13.8 Å².